The molecular weight excluding hydrogens is 230 g/mol. The van der Waals surface area contributed by atoms with Crippen LogP contribution in [-0.4, -0.2) is 27.9 Å². The van der Waals surface area contributed by atoms with E-state index >= 15 is 0 Å². The molecule has 0 saturated heterocycles. The third-order valence-corrected chi connectivity index (χ3v) is 2.65. The topological polar surface area (TPSA) is 57.0 Å². The molecule has 1 aromatic heterocycles. The van der Waals surface area contributed by atoms with Gasteiger partial charge in [0.1, 0.15) is 5.75 Å². The molecule has 0 amide bonds. The summed E-state index contributed by atoms with van der Waals surface area (Å²) < 4.78 is 6.78. The molecule has 0 N–H and O–H groups in total. The highest BCUT2D eigenvalue weighted by Gasteiger charge is 2.14. The molecule has 0 aliphatic rings. The van der Waals surface area contributed by atoms with Gasteiger partial charge in [-0.15, -0.1) is 5.10 Å². The summed E-state index contributed by atoms with van der Waals surface area (Å²) in [4.78, 5) is 12.2. The molecule has 0 unspecified atom stereocenters. The SMILES string of the molecule is COc1ccc(C)cc1C(=O)Cc1cn(C)nn1. The smallest absolute Gasteiger partial charge is 0.172 e. The van der Waals surface area contributed by atoms with E-state index in [0.717, 1.165) is 5.56 Å². The summed E-state index contributed by atoms with van der Waals surface area (Å²) in [7, 11) is 3.33. The molecule has 1 aromatic carbocycles. The van der Waals surface area contributed by atoms with Crippen molar-refractivity contribution >= 4 is 5.78 Å². The summed E-state index contributed by atoms with van der Waals surface area (Å²) >= 11 is 0. The molecule has 18 heavy (non-hydrogen) atoms. The summed E-state index contributed by atoms with van der Waals surface area (Å²) in [5.41, 5.74) is 2.27. The highest BCUT2D eigenvalue weighted by atomic mass is 16.5. The highest BCUT2D eigenvalue weighted by Crippen LogP contribution is 2.21. The number of hydrogen-bond donors (Lipinski definition) is 0. The first-order valence-electron chi connectivity index (χ1n) is 5.63. The molecular formula is C13H15N3O2. The normalized spacial score (nSPS) is 10.4. The van der Waals surface area contributed by atoms with Gasteiger partial charge in [-0.05, 0) is 19.1 Å². The quantitative estimate of drug-likeness (QED) is 0.767. The Morgan fingerprint density at radius 3 is 2.83 bits per heavy atom. The molecule has 0 aliphatic heterocycles. The van der Waals surface area contributed by atoms with Crippen LogP contribution in [0.15, 0.2) is 24.4 Å². The van der Waals surface area contributed by atoms with Crippen molar-refractivity contribution in [1.82, 2.24) is 15.0 Å². The summed E-state index contributed by atoms with van der Waals surface area (Å²) in [6.07, 6.45) is 1.97. The number of rotatable bonds is 4. The third-order valence-electron chi connectivity index (χ3n) is 2.65. The average molecular weight is 245 g/mol. The Morgan fingerprint density at radius 1 is 1.44 bits per heavy atom. The van der Waals surface area contributed by atoms with Gasteiger partial charge in [0.05, 0.1) is 24.8 Å². The summed E-state index contributed by atoms with van der Waals surface area (Å²) in [6, 6.07) is 5.55. The molecule has 2 aromatic rings. The number of hydrogen-bond acceptors (Lipinski definition) is 4. The van der Waals surface area contributed by atoms with Gasteiger partial charge in [-0.25, -0.2) is 0 Å². The van der Waals surface area contributed by atoms with Gasteiger partial charge in [0.2, 0.25) is 0 Å². The maximum atomic E-state index is 12.2. The fourth-order valence-electron chi connectivity index (χ4n) is 1.78. The van der Waals surface area contributed by atoms with E-state index in [1.165, 1.54) is 0 Å². The maximum Gasteiger partial charge on any atom is 0.172 e. The molecule has 0 bridgehead atoms. The molecule has 0 radical (unpaired) electrons. The molecule has 0 atom stereocenters. The summed E-state index contributed by atoms with van der Waals surface area (Å²) in [5.74, 6) is 0.575. The van der Waals surface area contributed by atoms with Gasteiger partial charge in [-0.2, -0.15) is 0 Å². The van der Waals surface area contributed by atoms with E-state index in [1.807, 2.05) is 19.1 Å². The lowest BCUT2D eigenvalue weighted by atomic mass is 10.0. The molecule has 0 aliphatic carbocycles. The number of aromatic nitrogens is 3. The number of aryl methyl sites for hydroxylation is 2. The van der Waals surface area contributed by atoms with E-state index in [1.54, 1.807) is 31.1 Å². The Hall–Kier alpha value is -2.17. The van der Waals surface area contributed by atoms with Crippen LogP contribution in [0.1, 0.15) is 21.6 Å². The van der Waals surface area contributed by atoms with E-state index < -0.39 is 0 Å². The Labute approximate surface area is 105 Å². The van der Waals surface area contributed by atoms with E-state index in [-0.39, 0.29) is 12.2 Å². The van der Waals surface area contributed by atoms with Crippen LogP contribution in [0.4, 0.5) is 0 Å². The van der Waals surface area contributed by atoms with Crippen LogP contribution >= 0.6 is 0 Å². The number of Topliss-reactive ketones (excluding diaryl/α,β-unsaturated/α-hetero) is 1. The first-order valence-corrected chi connectivity index (χ1v) is 5.63. The first kappa shape index (κ1) is 12.3. The Kier molecular flexibility index (Phi) is 3.41. The fraction of sp³-hybridized carbons (Fsp3) is 0.308. The number of methoxy groups -OCH3 is 1. The van der Waals surface area contributed by atoms with Crippen LogP contribution < -0.4 is 4.74 Å². The van der Waals surface area contributed by atoms with Crippen molar-refractivity contribution < 1.29 is 9.53 Å². The van der Waals surface area contributed by atoms with Crippen LogP contribution in [0.5, 0.6) is 5.75 Å². The van der Waals surface area contributed by atoms with Crippen LogP contribution in [0, 0.1) is 6.92 Å². The molecule has 94 valence electrons. The van der Waals surface area contributed by atoms with Crippen LogP contribution in [0.25, 0.3) is 0 Å². The van der Waals surface area contributed by atoms with Crippen LogP contribution in [0.3, 0.4) is 0 Å². The lowest BCUT2D eigenvalue weighted by Crippen LogP contribution is -2.06. The van der Waals surface area contributed by atoms with Crippen LogP contribution in [-0.2, 0) is 13.5 Å². The Morgan fingerprint density at radius 2 is 2.22 bits per heavy atom. The van der Waals surface area contributed by atoms with Gasteiger partial charge in [0.15, 0.2) is 5.78 Å². The summed E-state index contributed by atoms with van der Waals surface area (Å²) in [5, 5.41) is 7.72. The van der Waals surface area contributed by atoms with Gasteiger partial charge in [0.25, 0.3) is 0 Å². The second-order valence-corrected chi connectivity index (χ2v) is 4.19. The van der Waals surface area contributed by atoms with Gasteiger partial charge in [-0.3, -0.25) is 9.48 Å². The second kappa shape index (κ2) is 5.00. The Bertz CT molecular complexity index is 575. The Balaban J connectivity index is 2.25. The first-order chi connectivity index (χ1) is 8.60. The third kappa shape index (κ3) is 2.56. The number of carbonyl (C=O) groups excluding carboxylic acids is 1. The number of ether oxygens (including phenoxy) is 1. The number of ketones is 1. The minimum absolute atomic E-state index is 0.0175. The largest absolute Gasteiger partial charge is 0.496 e. The molecule has 5 heteroatoms. The zero-order valence-corrected chi connectivity index (χ0v) is 10.7. The predicted octanol–water partition coefficient (Wildman–Crippen LogP) is 1.56. The van der Waals surface area contributed by atoms with Gasteiger partial charge < -0.3 is 4.74 Å². The molecule has 0 fully saturated rings. The standard InChI is InChI=1S/C13H15N3O2/c1-9-4-5-13(18-3)11(6-9)12(17)7-10-8-16(2)15-14-10/h4-6,8H,7H2,1-3H3. The van der Waals surface area contributed by atoms with Crippen molar-refractivity contribution in [2.75, 3.05) is 7.11 Å². The van der Waals surface area contributed by atoms with Gasteiger partial charge >= 0.3 is 0 Å². The molecule has 0 saturated carbocycles. The molecule has 5 nitrogen and oxygen atoms in total. The highest BCUT2D eigenvalue weighted by molar-refractivity contribution is 5.99. The lowest BCUT2D eigenvalue weighted by Gasteiger charge is -2.07. The number of benzene rings is 1. The van der Waals surface area contributed by atoms with E-state index in [2.05, 4.69) is 10.3 Å². The van der Waals surface area contributed by atoms with Crippen molar-refractivity contribution in [3.8, 4) is 5.75 Å². The van der Waals surface area contributed by atoms with E-state index in [0.29, 0.717) is 17.0 Å². The minimum Gasteiger partial charge on any atom is -0.496 e. The number of carbonyl (C=O) groups is 1. The number of nitrogens with zero attached hydrogens (tertiary/aromatic N) is 3. The minimum atomic E-state index is -0.0175. The molecule has 2 rings (SSSR count). The monoisotopic (exact) mass is 245 g/mol. The van der Waals surface area contributed by atoms with Gasteiger partial charge in [0, 0.05) is 13.2 Å². The van der Waals surface area contributed by atoms with Crippen molar-refractivity contribution in [2.45, 2.75) is 13.3 Å². The fourth-order valence-corrected chi connectivity index (χ4v) is 1.78. The van der Waals surface area contributed by atoms with E-state index in [4.69, 9.17) is 4.74 Å². The summed E-state index contributed by atoms with van der Waals surface area (Å²) in [6.45, 7) is 1.94. The second-order valence-electron chi connectivity index (χ2n) is 4.19. The van der Waals surface area contributed by atoms with Gasteiger partial charge in [-0.1, -0.05) is 16.8 Å². The zero-order chi connectivity index (χ0) is 13.1. The zero-order valence-electron chi connectivity index (χ0n) is 10.7. The van der Waals surface area contributed by atoms with Crippen LogP contribution in [0.2, 0.25) is 0 Å². The van der Waals surface area contributed by atoms with Crippen molar-refractivity contribution in [3.05, 3.63) is 41.2 Å². The average Bonchev–Trinajstić information content (AvgIpc) is 2.74. The van der Waals surface area contributed by atoms with Crippen molar-refractivity contribution in [2.24, 2.45) is 7.05 Å². The predicted molar refractivity (Wildman–Crippen MR) is 66.8 cm³/mol. The lowest BCUT2D eigenvalue weighted by molar-refractivity contribution is 0.0989. The molecule has 1 heterocycles. The van der Waals surface area contributed by atoms with E-state index in [9.17, 15) is 4.79 Å². The van der Waals surface area contributed by atoms with Crippen molar-refractivity contribution in [1.29, 1.82) is 0 Å². The maximum absolute atomic E-state index is 12.2. The molecule has 0 spiro atoms. The van der Waals surface area contributed by atoms with Crippen molar-refractivity contribution in [3.63, 3.8) is 0 Å².